The molecule has 0 bridgehead atoms. The van der Waals surface area contributed by atoms with Crippen LogP contribution in [-0.2, 0) is 23.9 Å². The number of hydrogen-bond acceptors (Lipinski definition) is 6. The van der Waals surface area contributed by atoms with Gasteiger partial charge < -0.3 is 19.7 Å². The molecule has 1 unspecified atom stereocenters. The highest BCUT2D eigenvalue weighted by Crippen LogP contribution is 2.26. The number of carbonyl (C=O) groups excluding carboxylic acids is 4. The van der Waals surface area contributed by atoms with E-state index in [4.69, 9.17) is 9.47 Å². The lowest BCUT2D eigenvalue weighted by Crippen LogP contribution is -2.45. The van der Waals surface area contributed by atoms with E-state index in [0.29, 0.717) is 38.2 Å². The van der Waals surface area contributed by atoms with Crippen LogP contribution in [0.15, 0.2) is 36.4 Å². The molecule has 170 valence electrons. The van der Waals surface area contributed by atoms with Crippen molar-refractivity contribution in [2.24, 2.45) is 5.92 Å². The Kier molecular flexibility index (Phi) is 7.45. The Balaban J connectivity index is 1.69. The number of piperidine rings is 1. The average Bonchev–Trinajstić information content (AvgIpc) is 2.77. The number of likely N-dealkylation sites (tertiary alicyclic amines) is 1. The lowest BCUT2D eigenvalue weighted by Gasteiger charge is -2.32. The zero-order valence-corrected chi connectivity index (χ0v) is 18.6. The third kappa shape index (κ3) is 5.43. The van der Waals surface area contributed by atoms with E-state index in [1.807, 2.05) is 24.3 Å². The van der Waals surface area contributed by atoms with Crippen molar-refractivity contribution in [3.05, 3.63) is 42.0 Å². The van der Waals surface area contributed by atoms with Crippen molar-refractivity contribution in [1.29, 1.82) is 0 Å². The topological polar surface area (TPSA) is 102 Å². The van der Waals surface area contributed by atoms with Crippen molar-refractivity contribution in [1.82, 2.24) is 4.90 Å². The van der Waals surface area contributed by atoms with Gasteiger partial charge in [-0.2, -0.15) is 0 Å². The molecule has 0 aromatic heterocycles. The van der Waals surface area contributed by atoms with Crippen LogP contribution in [0, 0.1) is 5.92 Å². The van der Waals surface area contributed by atoms with Crippen molar-refractivity contribution in [2.75, 3.05) is 25.0 Å². The maximum Gasteiger partial charge on any atom is 0.341 e. The van der Waals surface area contributed by atoms with E-state index in [-0.39, 0.29) is 29.3 Å². The molecule has 1 aliphatic rings. The number of benzene rings is 2. The summed E-state index contributed by atoms with van der Waals surface area (Å²) < 4.78 is 10.5. The van der Waals surface area contributed by atoms with Crippen LogP contribution in [0.25, 0.3) is 10.8 Å². The third-order valence-electron chi connectivity index (χ3n) is 5.47. The minimum atomic E-state index is -1.00. The van der Waals surface area contributed by atoms with Crippen molar-refractivity contribution in [3.63, 3.8) is 0 Å². The van der Waals surface area contributed by atoms with Crippen LogP contribution in [0.1, 0.15) is 44.0 Å². The van der Waals surface area contributed by atoms with Crippen LogP contribution < -0.4 is 5.32 Å². The molecule has 1 saturated heterocycles. The van der Waals surface area contributed by atoms with Gasteiger partial charge in [-0.15, -0.1) is 0 Å². The van der Waals surface area contributed by atoms with E-state index in [9.17, 15) is 19.2 Å². The zero-order valence-electron chi connectivity index (χ0n) is 18.6. The van der Waals surface area contributed by atoms with Crippen LogP contribution in [0.2, 0.25) is 0 Å². The molecule has 1 atom stereocenters. The number of rotatable bonds is 6. The normalized spacial score (nSPS) is 15.2. The van der Waals surface area contributed by atoms with E-state index in [0.717, 1.165) is 10.8 Å². The highest BCUT2D eigenvalue weighted by molar-refractivity contribution is 6.06. The summed E-state index contributed by atoms with van der Waals surface area (Å²) in [5, 5.41) is 4.34. The first kappa shape index (κ1) is 23.2. The van der Waals surface area contributed by atoms with Gasteiger partial charge in [0, 0.05) is 20.0 Å². The molecule has 2 aromatic rings. The molecule has 1 N–H and O–H groups in total. The monoisotopic (exact) mass is 440 g/mol. The summed E-state index contributed by atoms with van der Waals surface area (Å²) in [6, 6.07) is 10.8. The van der Waals surface area contributed by atoms with Crippen LogP contribution >= 0.6 is 0 Å². The van der Waals surface area contributed by atoms with Gasteiger partial charge >= 0.3 is 11.9 Å². The molecule has 1 fully saturated rings. The minimum absolute atomic E-state index is 0.180. The predicted molar refractivity (Wildman–Crippen MR) is 119 cm³/mol. The van der Waals surface area contributed by atoms with Gasteiger partial charge in [0.15, 0.2) is 6.10 Å². The molecule has 0 saturated carbocycles. The second-order valence-electron chi connectivity index (χ2n) is 7.83. The number of hydrogen-bond donors (Lipinski definition) is 1. The highest BCUT2D eigenvalue weighted by atomic mass is 16.5. The summed E-state index contributed by atoms with van der Waals surface area (Å²) in [6.07, 6.45) is 0.0313. The van der Waals surface area contributed by atoms with Gasteiger partial charge in [0.05, 0.1) is 23.8 Å². The molecule has 1 heterocycles. The van der Waals surface area contributed by atoms with Crippen LogP contribution in [0.3, 0.4) is 0 Å². The van der Waals surface area contributed by atoms with Crippen molar-refractivity contribution in [3.8, 4) is 0 Å². The first-order valence-corrected chi connectivity index (χ1v) is 10.8. The van der Waals surface area contributed by atoms with Gasteiger partial charge in [-0.1, -0.05) is 24.3 Å². The Hall–Kier alpha value is -3.42. The van der Waals surface area contributed by atoms with E-state index in [1.165, 1.54) is 13.8 Å². The number of ether oxygens (including phenoxy) is 2. The van der Waals surface area contributed by atoms with E-state index in [1.54, 1.807) is 24.0 Å². The first-order valence-electron chi connectivity index (χ1n) is 10.8. The lowest BCUT2D eigenvalue weighted by molar-refractivity contribution is -0.152. The van der Waals surface area contributed by atoms with E-state index < -0.39 is 12.1 Å². The second-order valence-corrected chi connectivity index (χ2v) is 7.83. The van der Waals surface area contributed by atoms with Crippen LogP contribution in [0.5, 0.6) is 0 Å². The second kappa shape index (κ2) is 10.3. The number of anilines is 1. The Morgan fingerprint density at radius 3 is 2.31 bits per heavy atom. The number of amides is 2. The summed E-state index contributed by atoms with van der Waals surface area (Å²) >= 11 is 0. The van der Waals surface area contributed by atoms with E-state index in [2.05, 4.69) is 5.32 Å². The molecule has 2 amide bonds. The van der Waals surface area contributed by atoms with Gasteiger partial charge in [-0.3, -0.25) is 14.4 Å². The maximum atomic E-state index is 12.9. The van der Waals surface area contributed by atoms with Crippen molar-refractivity contribution in [2.45, 2.75) is 39.7 Å². The molecule has 0 aliphatic carbocycles. The smallest absolute Gasteiger partial charge is 0.341 e. The molecule has 0 radical (unpaired) electrons. The fourth-order valence-electron chi connectivity index (χ4n) is 3.83. The Morgan fingerprint density at radius 2 is 1.72 bits per heavy atom. The van der Waals surface area contributed by atoms with Gasteiger partial charge in [-0.05, 0) is 49.6 Å². The summed E-state index contributed by atoms with van der Waals surface area (Å²) in [4.78, 5) is 50.8. The van der Waals surface area contributed by atoms with Gasteiger partial charge in [-0.25, -0.2) is 4.79 Å². The number of fused-ring (bicyclic) bond motifs is 1. The summed E-state index contributed by atoms with van der Waals surface area (Å²) in [6.45, 7) is 5.78. The lowest BCUT2D eigenvalue weighted by atomic mass is 9.96. The standard InChI is InChI=1S/C24H28N2O6/c1-4-31-23(29)17-9-11-26(12-10-17)22(28)15(2)32-24(30)20-13-18-7-5-6-8-19(18)14-21(20)25-16(3)27/h5-8,13-15,17H,4,9-12H2,1-3H3,(H,25,27). The minimum Gasteiger partial charge on any atom is -0.466 e. The fourth-order valence-corrected chi connectivity index (χ4v) is 3.83. The Labute approximate surface area is 186 Å². The molecule has 8 nitrogen and oxygen atoms in total. The quantitative estimate of drug-likeness (QED) is 0.693. The number of esters is 2. The Morgan fingerprint density at radius 1 is 1.09 bits per heavy atom. The molecular formula is C24H28N2O6. The largest absolute Gasteiger partial charge is 0.466 e. The summed E-state index contributed by atoms with van der Waals surface area (Å²) in [7, 11) is 0. The van der Waals surface area contributed by atoms with Gasteiger partial charge in [0.1, 0.15) is 0 Å². The van der Waals surface area contributed by atoms with Crippen molar-refractivity contribution >= 4 is 40.2 Å². The van der Waals surface area contributed by atoms with Crippen molar-refractivity contribution < 1.29 is 28.7 Å². The SMILES string of the molecule is CCOC(=O)C1CCN(C(=O)C(C)OC(=O)c2cc3ccccc3cc2NC(C)=O)CC1. The van der Waals surface area contributed by atoms with E-state index >= 15 is 0 Å². The predicted octanol–water partition coefficient (Wildman–Crippen LogP) is 3.15. The molecule has 2 aromatic carbocycles. The van der Waals surface area contributed by atoms with Gasteiger partial charge in [0.2, 0.25) is 5.91 Å². The summed E-state index contributed by atoms with van der Waals surface area (Å²) in [5.41, 5.74) is 0.510. The van der Waals surface area contributed by atoms with Crippen LogP contribution in [-0.4, -0.2) is 54.5 Å². The average molecular weight is 440 g/mol. The molecule has 1 aliphatic heterocycles. The highest BCUT2D eigenvalue weighted by Gasteiger charge is 2.31. The molecule has 8 heteroatoms. The molecular weight excluding hydrogens is 412 g/mol. The number of nitrogens with zero attached hydrogens (tertiary/aromatic N) is 1. The first-order chi connectivity index (χ1) is 15.3. The Bertz CT molecular complexity index is 1030. The summed E-state index contributed by atoms with van der Waals surface area (Å²) in [5.74, 6) is -1.78. The molecule has 3 rings (SSSR count). The zero-order chi connectivity index (χ0) is 23.3. The third-order valence-corrected chi connectivity index (χ3v) is 5.47. The maximum absolute atomic E-state index is 12.9. The fraction of sp³-hybridized carbons (Fsp3) is 0.417. The molecule has 0 spiro atoms. The number of nitrogens with one attached hydrogen (secondary N) is 1. The number of carbonyl (C=O) groups is 4. The van der Waals surface area contributed by atoms with Gasteiger partial charge in [0.25, 0.3) is 5.91 Å². The molecule has 32 heavy (non-hydrogen) atoms. The van der Waals surface area contributed by atoms with Crippen LogP contribution in [0.4, 0.5) is 5.69 Å².